The van der Waals surface area contributed by atoms with Crippen molar-refractivity contribution in [3.63, 3.8) is 0 Å². The Kier molecular flexibility index (Phi) is 5.83. The smallest absolute Gasteiger partial charge is 0.280 e. The lowest BCUT2D eigenvalue weighted by molar-refractivity contribution is 0.101. The van der Waals surface area contributed by atoms with Crippen LogP contribution >= 0.6 is 0 Å². The van der Waals surface area contributed by atoms with Crippen LogP contribution in [0.15, 0.2) is 40.7 Å². The second-order valence-electron chi connectivity index (χ2n) is 7.96. The number of aromatic nitrogens is 2. The van der Waals surface area contributed by atoms with Crippen molar-refractivity contribution in [2.24, 2.45) is 7.05 Å². The molecule has 2 aliphatic rings. The van der Waals surface area contributed by atoms with Gasteiger partial charge in [0.2, 0.25) is 0 Å². The standard InChI is InChI=1S/C21H25F2N5O2S/c1-28-12-18-15(7-8-16(27-31(18,24)30)13-5-3-2-4-6-13)19(28)21(29)26-14-9-10-25-17(11-14)20(22)23/h9-12,20H,2-8H2,1H3,(H2,24,27,30)(H,25,26,29). The van der Waals surface area contributed by atoms with Gasteiger partial charge in [0.15, 0.2) is 9.92 Å². The summed E-state index contributed by atoms with van der Waals surface area (Å²) in [5.41, 5.74) is 2.70. The highest BCUT2D eigenvalue weighted by molar-refractivity contribution is 7.90. The number of carbonyl (C=O) groups is 1. The van der Waals surface area contributed by atoms with Crippen LogP contribution in [0.5, 0.6) is 0 Å². The van der Waals surface area contributed by atoms with Crippen molar-refractivity contribution < 1.29 is 17.8 Å². The number of amides is 1. The highest BCUT2D eigenvalue weighted by atomic mass is 32.2. The fourth-order valence-corrected chi connectivity index (χ4v) is 5.88. The maximum absolute atomic E-state index is 13.3. The van der Waals surface area contributed by atoms with Crippen LogP contribution in [-0.4, -0.2) is 19.7 Å². The largest absolute Gasteiger partial charge is 0.345 e. The molecule has 3 heterocycles. The van der Waals surface area contributed by atoms with Crippen molar-refractivity contribution in [2.75, 3.05) is 5.32 Å². The van der Waals surface area contributed by atoms with Gasteiger partial charge >= 0.3 is 0 Å². The van der Waals surface area contributed by atoms with Gasteiger partial charge in [-0.15, -0.1) is 0 Å². The van der Waals surface area contributed by atoms with Gasteiger partial charge in [0.1, 0.15) is 11.4 Å². The Bertz CT molecular complexity index is 1150. The number of alkyl halides is 2. The number of fused-ring (bicyclic) bond motifs is 1. The van der Waals surface area contributed by atoms with E-state index in [1.165, 1.54) is 24.3 Å². The van der Waals surface area contributed by atoms with Crippen LogP contribution in [0.1, 0.15) is 66.7 Å². The quantitative estimate of drug-likeness (QED) is 0.634. The molecular formula is C21H25F2N5O2S. The van der Waals surface area contributed by atoms with Crippen molar-refractivity contribution in [3.8, 4) is 0 Å². The average molecular weight is 450 g/mol. The fourth-order valence-electron chi connectivity index (χ4n) is 4.33. The minimum atomic E-state index is -3.32. The van der Waals surface area contributed by atoms with Crippen molar-refractivity contribution >= 4 is 21.5 Å². The van der Waals surface area contributed by atoms with Crippen molar-refractivity contribution in [3.05, 3.63) is 52.7 Å². The van der Waals surface area contributed by atoms with Gasteiger partial charge < -0.3 is 9.88 Å². The third kappa shape index (κ3) is 4.34. The summed E-state index contributed by atoms with van der Waals surface area (Å²) in [6.45, 7) is 0. The molecule has 0 spiro atoms. The summed E-state index contributed by atoms with van der Waals surface area (Å²) >= 11 is 0. The first-order valence-corrected chi connectivity index (χ1v) is 11.8. The van der Waals surface area contributed by atoms with Crippen LogP contribution in [0, 0.1) is 4.78 Å². The Balaban J connectivity index is 1.66. The molecule has 166 valence electrons. The molecule has 1 atom stereocenters. The monoisotopic (exact) mass is 449 g/mol. The van der Waals surface area contributed by atoms with Crippen LogP contribution in [0.4, 0.5) is 14.5 Å². The number of carbonyl (C=O) groups excluding carboxylic acids is 1. The highest BCUT2D eigenvalue weighted by Crippen LogP contribution is 2.33. The molecule has 2 aromatic heterocycles. The van der Waals surface area contributed by atoms with Crippen LogP contribution in [0.25, 0.3) is 0 Å². The summed E-state index contributed by atoms with van der Waals surface area (Å²) in [4.78, 5) is 16.9. The molecule has 3 N–H and O–H groups in total. The van der Waals surface area contributed by atoms with Crippen LogP contribution in [0.3, 0.4) is 0 Å². The minimum Gasteiger partial charge on any atom is -0.345 e. The number of halogens is 2. The first kappa shape index (κ1) is 21.5. The summed E-state index contributed by atoms with van der Waals surface area (Å²) < 4.78 is 52.1. The van der Waals surface area contributed by atoms with Gasteiger partial charge in [-0.25, -0.2) is 17.8 Å². The van der Waals surface area contributed by atoms with E-state index in [0.717, 1.165) is 37.4 Å². The Morgan fingerprint density at radius 1 is 1.26 bits per heavy atom. The van der Waals surface area contributed by atoms with E-state index >= 15 is 0 Å². The number of rotatable bonds is 3. The lowest BCUT2D eigenvalue weighted by Crippen LogP contribution is -2.22. The second-order valence-corrected chi connectivity index (χ2v) is 9.71. The van der Waals surface area contributed by atoms with Gasteiger partial charge in [0.05, 0.1) is 4.90 Å². The SMILES string of the molecule is Cn1cc2c(c1C(=O)Nc1ccnc(C(F)F)c1)CCC(=C1CCCCC1)NS2(=N)=O. The molecule has 0 aromatic carbocycles. The van der Waals surface area contributed by atoms with E-state index in [0.29, 0.717) is 23.3 Å². The average Bonchev–Trinajstić information content (AvgIpc) is 3.02. The first-order valence-electron chi connectivity index (χ1n) is 10.3. The Labute approximate surface area is 180 Å². The van der Waals surface area contributed by atoms with E-state index < -0.39 is 27.9 Å². The Morgan fingerprint density at radius 3 is 2.71 bits per heavy atom. The molecule has 1 fully saturated rings. The summed E-state index contributed by atoms with van der Waals surface area (Å²) in [5.74, 6) is -0.501. The molecule has 1 aliphatic heterocycles. The van der Waals surface area contributed by atoms with Crippen molar-refractivity contribution in [1.82, 2.24) is 14.3 Å². The van der Waals surface area contributed by atoms with Gasteiger partial charge in [0.25, 0.3) is 12.3 Å². The van der Waals surface area contributed by atoms with Crippen molar-refractivity contribution in [1.29, 1.82) is 4.78 Å². The number of hydrogen-bond acceptors (Lipinski definition) is 4. The molecular weight excluding hydrogens is 424 g/mol. The fraction of sp³-hybridized carbons (Fsp3) is 0.429. The molecule has 1 amide bonds. The zero-order valence-corrected chi connectivity index (χ0v) is 18.0. The van der Waals surface area contributed by atoms with Crippen LogP contribution < -0.4 is 10.0 Å². The van der Waals surface area contributed by atoms with E-state index in [1.807, 2.05) is 0 Å². The molecule has 1 aliphatic carbocycles. The van der Waals surface area contributed by atoms with E-state index in [2.05, 4.69) is 15.0 Å². The first-order chi connectivity index (χ1) is 14.8. The number of pyridine rings is 1. The minimum absolute atomic E-state index is 0.202. The predicted molar refractivity (Wildman–Crippen MR) is 113 cm³/mol. The predicted octanol–water partition coefficient (Wildman–Crippen LogP) is 4.68. The van der Waals surface area contributed by atoms with E-state index in [4.69, 9.17) is 4.78 Å². The maximum Gasteiger partial charge on any atom is 0.280 e. The highest BCUT2D eigenvalue weighted by Gasteiger charge is 2.30. The summed E-state index contributed by atoms with van der Waals surface area (Å²) in [6, 6.07) is 2.57. The van der Waals surface area contributed by atoms with E-state index in [9.17, 15) is 17.8 Å². The topological polar surface area (TPSA) is 99.9 Å². The lowest BCUT2D eigenvalue weighted by Gasteiger charge is -2.20. The van der Waals surface area contributed by atoms with Gasteiger partial charge in [0, 0.05) is 36.4 Å². The van der Waals surface area contributed by atoms with Crippen LogP contribution in [-0.2, 0) is 23.4 Å². The third-order valence-electron chi connectivity index (χ3n) is 5.81. The van der Waals surface area contributed by atoms with E-state index in [-0.39, 0.29) is 11.4 Å². The number of allylic oxidation sites excluding steroid dienone is 2. The number of anilines is 1. The number of nitrogens with one attached hydrogen (secondary N) is 3. The molecule has 1 saturated carbocycles. The molecule has 1 unspecified atom stereocenters. The number of hydrogen-bond donors (Lipinski definition) is 3. The van der Waals surface area contributed by atoms with Gasteiger partial charge in [-0.2, -0.15) is 0 Å². The molecule has 0 bridgehead atoms. The second kappa shape index (κ2) is 8.41. The molecule has 2 aromatic rings. The number of nitrogens with zero attached hydrogens (tertiary/aromatic N) is 2. The zero-order chi connectivity index (χ0) is 22.2. The van der Waals surface area contributed by atoms with Gasteiger partial charge in [-0.1, -0.05) is 12.0 Å². The third-order valence-corrected chi connectivity index (χ3v) is 7.32. The summed E-state index contributed by atoms with van der Waals surface area (Å²) in [5, 5.41) is 2.63. The lowest BCUT2D eigenvalue weighted by atomic mass is 9.92. The van der Waals surface area contributed by atoms with E-state index in [1.54, 1.807) is 17.8 Å². The van der Waals surface area contributed by atoms with Crippen molar-refractivity contribution in [2.45, 2.75) is 56.3 Å². The maximum atomic E-state index is 13.3. The Morgan fingerprint density at radius 2 is 2.00 bits per heavy atom. The number of aryl methyl sites for hydroxylation is 1. The normalized spacial score (nSPS) is 21.4. The molecule has 0 saturated heterocycles. The molecule has 10 heteroatoms. The molecule has 0 radical (unpaired) electrons. The summed E-state index contributed by atoms with van der Waals surface area (Å²) in [7, 11) is -1.67. The van der Waals surface area contributed by atoms with Crippen LogP contribution in [0.2, 0.25) is 0 Å². The zero-order valence-electron chi connectivity index (χ0n) is 17.2. The summed E-state index contributed by atoms with van der Waals surface area (Å²) in [6.07, 6.45) is 6.32. The van der Waals surface area contributed by atoms with Gasteiger partial charge in [-0.05, 0) is 50.7 Å². The Hall–Kier alpha value is -2.75. The van der Waals surface area contributed by atoms with Gasteiger partial charge in [-0.3, -0.25) is 14.5 Å². The molecule has 31 heavy (non-hydrogen) atoms. The molecule has 4 rings (SSSR count). The molecule has 7 nitrogen and oxygen atoms in total.